The first-order valence-corrected chi connectivity index (χ1v) is 6.19. The van der Waals surface area contributed by atoms with Crippen molar-refractivity contribution in [2.45, 2.75) is 23.6 Å². The van der Waals surface area contributed by atoms with Crippen LogP contribution in [-0.4, -0.2) is 33.8 Å². The van der Waals surface area contributed by atoms with Crippen LogP contribution in [0.4, 0.5) is 0 Å². The summed E-state index contributed by atoms with van der Waals surface area (Å²) in [5.41, 5.74) is 1.18. The van der Waals surface area contributed by atoms with Gasteiger partial charge >= 0.3 is 5.97 Å². The maximum atomic E-state index is 11.3. The molecule has 0 aliphatic carbocycles. The van der Waals surface area contributed by atoms with Gasteiger partial charge in [0, 0.05) is 4.90 Å². The third-order valence-corrected chi connectivity index (χ3v) is 3.85. The van der Waals surface area contributed by atoms with Crippen molar-refractivity contribution in [3.05, 3.63) is 29.8 Å². The van der Waals surface area contributed by atoms with Crippen molar-refractivity contribution in [2.75, 3.05) is 6.54 Å². The molecule has 1 N–H and O–H groups in total. The van der Waals surface area contributed by atoms with Gasteiger partial charge < -0.3 is 10.0 Å². The van der Waals surface area contributed by atoms with Crippen molar-refractivity contribution < 1.29 is 14.7 Å². The first-order chi connectivity index (χ1) is 8.06. The first-order valence-electron chi connectivity index (χ1n) is 5.31. The zero-order valence-electron chi connectivity index (χ0n) is 9.42. The van der Waals surface area contributed by atoms with Gasteiger partial charge in [-0.05, 0) is 19.1 Å². The fourth-order valence-corrected chi connectivity index (χ4v) is 2.79. The van der Waals surface area contributed by atoms with E-state index in [0.717, 1.165) is 4.90 Å². The highest BCUT2D eigenvalue weighted by molar-refractivity contribution is 8.00. The molecule has 1 aromatic rings. The third-order valence-electron chi connectivity index (χ3n) is 2.62. The number of carbonyl (C=O) groups excluding carboxylic acids is 1. The Hall–Kier alpha value is -1.49. The van der Waals surface area contributed by atoms with Gasteiger partial charge in [0.15, 0.2) is 0 Å². The Balaban J connectivity index is 1.97. The molecule has 90 valence electrons. The van der Waals surface area contributed by atoms with E-state index in [1.165, 1.54) is 22.2 Å². The van der Waals surface area contributed by atoms with Gasteiger partial charge in [-0.2, -0.15) is 0 Å². The predicted octanol–water partition coefficient (Wildman–Crippen LogP) is 1.73. The number of carbonyl (C=O) groups is 2. The van der Waals surface area contributed by atoms with Crippen LogP contribution >= 0.6 is 11.8 Å². The van der Waals surface area contributed by atoms with Crippen LogP contribution in [0.2, 0.25) is 0 Å². The molecule has 0 bridgehead atoms. The fourth-order valence-electron chi connectivity index (χ4n) is 1.64. The fraction of sp³-hybridized carbons (Fsp3) is 0.333. The number of carboxylic acids is 1. The van der Waals surface area contributed by atoms with Gasteiger partial charge in [-0.25, -0.2) is 0 Å². The number of rotatable bonds is 4. The Bertz CT molecular complexity index is 444. The van der Waals surface area contributed by atoms with Gasteiger partial charge in [0.05, 0.1) is 11.8 Å². The largest absolute Gasteiger partial charge is 0.480 e. The molecule has 1 unspecified atom stereocenters. The maximum Gasteiger partial charge on any atom is 0.323 e. The van der Waals surface area contributed by atoms with E-state index in [1.54, 1.807) is 0 Å². The number of aryl methyl sites for hydroxylation is 1. The van der Waals surface area contributed by atoms with E-state index in [-0.39, 0.29) is 17.8 Å². The SMILES string of the molecule is Cc1ccc(SC2CC(=O)N2CC(=O)O)cc1. The lowest BCUT2D eigenvalue weighted by Gasteiger charge is -2.38. The number of aliphatic carboxylic acids is 1. The summed E-state index contributed by atoms with van der Waals surface area (Å²) in [6.07, 6.45) is 0.422. The Morgan fingerprint density at radius 3 is 2.65 bits per heavy atom. The lowest BCUT2D eigenvalue weighted by atomic mass is 10.2. The minimum Gasteiger partial charge on any atom is -0.480 e. The Kier molecular flexibility index (Phi) is 3.38. The standard InChI is InChI=1S/C12H13NO3S/c1-8-2-4-9(5-3-8)17-11-6-10(14)13(11)7-12(15)16/h2-5,11H,6-7H2,1H3,(H,15,16). The van der Waals surface area contributed by atoms with Crippen LogP contribution in [0.3, 0.4) is 0 Å². The molecule has 0 saturated carbocycles. The van der Waals surface area contributed by atoms with Crippen LogP contribution in [0.25, 0.3) is 0 Å². The van der Waals surface area contributed by atoms with Crippen LogP contribution in [0, 0.1) is 6.92 Å². The Labute approximate surface area is 104 Å². The van der Waals surface area contributed by atoms with Crippen LogP contribution in [0.15, 0.2) is 29.2 Å². The summed E-state index contributed by atoms with van der Waals surface area (Å²) in [6.45, 7) is 1.81. The van der Waals surface area contributed by atoms with Gasteiger partial charge in [-0.15, -0.1) is 11.8 Å². The smallest absolute Gasteiger partial charge is 0.323 e. The predicted molar refractivity (Wildman–Crippen MR) is 64.8 cm³/mol. The zero-order chi connectivity index (χ0) is 12.4. The van der Waals surface area contributed by atoms with Crippen LogP contribution in [0.5, 0.6) is 0 Å². The van der Waals surface area contributed by atoms with Gasteiger partial charge in [0.1, 0.15) is 6.54 Å². The summed E-state index contributed by atoms with van der Waals surface area (Å²) in [5, 5.41) is 8.64. The molecule has 1 aromatic carbocycles. The van der Waals surface area contributed by atoms with E-state index in [1.807, 2.05) is 31.2 Å². The lowest BCUT2D eigenvalue weighted by Crippen LogP contribution is -2.52. The molecule has 0 spiro atoms. The molecule has 0 radical (unpaired) electrons. The first kappa shape index (κ1) is 12.0. The minimum absolute atomic E-state index is 0.0405. The second-order valence-corrected chi connectivity index (χ2v) is 5.26. The molecule has 1 aliphatic heterocycles. The molecule has 1 aliphatic rings. The van der Waals surface area contributed by atoms with Gasteiger partial charge in [-0.1, -0.05) is 17.7 Å². The average molecular weight is 251 g/mol. The van der Waals surface area contributed by atoms with Crippen molar-refractivity contribution in [3.63, 3.8) is 0 Å². The van der Waals surface area contributed by atoms with E-state index < -0.39 is 5.97 Å². The Morgan fingerprint density at radius 2 is 2.12 bits per heavy atom. The number of nitrogens with zero attached hydrogens (tertiary/aromatic N) is 1. The molecule has 1 heterocycles. The summed E-state index contributed by atoms with van der Waals surface area (Å²) in [4.78, 5) is 24.3. The van der Waals surface area contributed by atoms with Crippen LogP contribution in [0.1, 0.15) is 12.0 Å². The molecular formula is C12H13NO3S. The van der Waals surface area contributed by atoms with Crippen molar-refractivity contribution >= 4 is 23.6 Å². The number of benzene rings is 1. The van der Waals surface area contributed by atoms with Crippen LogP contribution < -0.4 is 0 Å². The lowest BCUT2D eigenvalue weighted by molar-refractivity contribution is -0.151. The number of hydrogen-bond acceptors (Lipinski definition) is 3. The summed E-state index contributed by atoms with van der Waals surface area (Å²) >= 11 is 1.53. The second-order valence-electron chi connectivity index (χ2n) is 4.01. The number of hydrogen-bond donors (Lipinski definition) is 1. The van der Waals surface area contributed by atoms with Gasteiger partial charge in [0.25, 0.3) is 0 Å². The van der Waals surface area contributed by atoms with Gasteiger partial charge in [0.2, 0.25) is 5.91 Å². The minimum atomic E-state index is -0.965. The number of carboxylic acid groups (broad SMARTS) is 1. The second kappa shape index (κ2) is 4.79. The summed E-state index contributed by atoms with van der Waals surface area (Å²) in [7, 11) is 0. The van der Waals surface area contributed by atoms with E-state index in [9.17, 15) is 9.59 Å². The molecule has 1 atom stereocenters. The van der Waals surface area contributed by atoms with Gasteiger partial charge in [-0.3, -0.25) is 9.59 Å². The molecule has 1 fully saturated rings. The molecule has 5 heteroatoms. The van der Waals surface area contributed by atoms with E-state index in [0.29, 0.717) is 6.42 Å². The monoisotopic (exact) mass is 251 g/mol. The topological polar surface area (TPSA) is 57.6 Å². The summed E-state index contributed by atoms with van der Waals surface area (Å²) in [6, 6.07) is 7.98. The molecule has 2 rings (SSSR count). The molecule has 1 amide bonds. The molecule has 0 aromatic heterocycles. The highest BCUT2D eigenvalue weighted by atomic mass is 32.2. The third kappa shape index (κ3) is 2.79. The maximum absolute atomic E-state index is 11.3. The van der Waals surface area contributed by atoms with E-state index >= 15 is 0 Å². The van der Waals surface area contributed by atoms with Crippen molar-refractivity contribution in [3.8, 4) is 0 Å². The number of β-lactam (4-membered cyclic amide) rings is 1. The number of thioether (sulfide) groups is 1. The summed E-state index contributed by atoms with van der Waals surface area (Å²) in [5.74, 6) is -1.05. The normalized spacial score (nSPS) is 19.0. The highest BCUT2D eigenvalue weighted by Crippen LogP contribution is 2.34. The number of likely N-dealkylation sites (tertiary alicyclic amines) is 1. The molecular weight excluding hydrogens is 238 g/mol. The number of amides is 1. The Morgan fingerprint density at radius 1 is 1.47 bits per heavy atom. The van der Waals surface area contributed by atoms with Crippen molar-refractivity contribution in [2.24, 2.45) is 0 Å². The average Bonchev–Trinajstić information content (AvgIpc) is 2.28. The van der Waals surface area contributed by atoms with E-state index in [4.69, 9.17) is 5.11 Å². The molecule has 4 nitrogen and oxygen atoms in total. The van der Waals surface area contributed by atoms with Crippen LogP contribution in [-0.2, 0) is 9.59 Å². The van der Waals surface area contributed by atoms with Crippen molar-refractivity contribution in [1.82, 2.24) is 4.90 Å². The highest BCUT2D eigenvalue weighted by Gasteiger charge is 2.37. The molecule has 1 saturated heterocycles. The van der Waals surface area contributed by atoms with E-state index in [2.05, 4.69) is 0 Å². The van der Waals surface area contributed by atoms with Crippen molar-refractivity contribution in [1.29, 1.82) is 0 Å². The zero-order valence-corrected chi connectivity index (χ0v) is 10.2. The molecule has 17 heavy (non-hydrogen) atoms. The quantitative estimate of drug-likeness (QED) is 0.828. The summed E-state index contributed by atoms with van der Waals surface area (Å²) < 4.78 is 0.